The number of carbonyl (C=O) groups excluding carboxylic acids is 2. The van der Waals surface area contributed by atoms with Crippen LogP contribution < -0.4 is 5.32 Å². The quantitative estimate of drug-likeness (QED) is 0.865. The van der Waals surface area contributed by atoms with Crippen LogP contribution in [0.25, 0.3) is 0 Å². The molecule has 0 aliphatic carbocycles. The fourth-order valence-corrected chi connectivity index (χ4v) is 2.31. The van der Waals surface area contributed by atoms with Crippen molar-refractivity contribution in [1.29, 1.82) is 0 Å². The summed E-state index contributed by atoms with van der Waals surface area (Å²) in [7, 11) is 0. The second-order valence-electron chi connectivity index (χ2n) is 4.57. The topological polar surface area (TPSA) is 46.2 Å². The van der Waals surface area contributed by atoms with Crippen molar-refractivity contribution in [3.05, 3.63) is 63.6 Å². The predicted molar refractivity (Wildman–Crippen MR) is 83.1 cm³/mol. The van der Waals surface area contributed by atoms with Crippen LogP contribution in [-0.4, -0.2) is 11.7 Å². The van der Waals surface area contributed by atoms with Crippen LogP contribution in [0.4, 0.5) is 5.69 Å². The van der Waals surface area contributed by atoms with Crippen molar-refractivity contribution in [3.8, 4) is 0 Å². The fraction of sp³-hybridized carbons (Fsp3) is 0.125. The molecular weight excluding hydrogens is 318 g/mol. The summed E-state index contributed by atoms with van der Waals surface area (Å²) in [6.07, 6.45) is 0. The van der Waals surface area contributed by atoms with Gasteiger partial charge in [0.1, 0.15) is 0 Å². The van der Waals surface area contributed by atoms with E-state index in [1.165, 1.54) is 6.92 Å². The van der Waals surface area contributed by atoms with E-state index in [-0.39, 0.29) is 11.7 Å². The molecule has 0 bridgehead atoms. The van der Waals surface area contributed by atoms with Gasteiger partial charge in [0.25, 0.3) is 0 Å². The highest BCUT2D eigenvalue weighted by molar-refractivity contribution is 9.10. The maximum Gasteiger partial charge on any atom is 0.221 e. The molecule has 0 saturated heterocycles. The maximum absolute atomic E-state index is 12.6. The van der Waals surface area contributed by atoms with Crippen LogP contribution in [0.1, 0.15) is 28.4 Å². The Labute approximate surface area is 126 Å². The van der Waals surface area contributed by atoms with E-state index in [2.05, 4.69) is 21.2 Å². The Kier molecular flexibility index (Phi) is 4.35. The molecule has 102 valence electrons. The summed E-state index contributed by atoms with van der Waals surface area (Å²) in [4.78, 5) is 23.8. The van der Waals surface area contributed by atoms with Gasteiger partial charge < -0.3 is 5.32 Å². The SMILES string of the molecule is CC(=O)Nc1ccc(Br)cc1C(=O)c1cccc(C)c1. The molecule has 0 aromatic heterocycles. The first-order valence-electron chi connectivity index (χ1n) is 6.16. The summed E-state index contributed by atoms with van der Waals surface area (Å²) in [5.74, 6) is -0.315. The molecule has 2 aromatic rings. The number of amides is 1. The van der Waals surface area contributed by atoms with E-state index in [1.54, 1.807) is 24.3 Å². The molecule has 0 fully saturated rings. The van der Waals surface area contributed by atoms with Crippen LogP contribution in [0.5, 0.6) is 0 Å². The summed E-state index contributed by atoms with van der Waals surface area (Å²) in [6, 6.07) is 12.6. The van der Waals surface area contributed by atoms with Crippen molar-refractivity contribution in [2.24, 2.45) is 0 Å². The van der Waals surface area contributed by atoms with Gasteiger partial charge in [-0.05, 0) is 31.2 Å². The number of ketones is 1. The van der Waals surface area contributed by atoms with E-state index in [4.69, 9.17) is 0 Å². The second-order valence-corrected chi connectivity index (χ2v) is 5.49. The van der Waals surface area contributed by atoms with Crippen LogP contribution in [0.15, 0.2) is 46.9 Å². The average molecular weight is 332 g/mol. The molecule has 2 aromatic carbocycles. The molecule has 0 spiro atoms. The Morgan fingerprint density at radius 1 is 1.10 bits per heavy atom. The van der Waals surface area contributed by atoms with Crippen LogP contribution in [0, 0.1) is 6.92 Å². The number of halogens is 1. The molecule has 0 aliphatic heterocycles. The smallest absolute Gasteiger partial charge is 0.221 e. The molecule has 4 heteroatoms. The molecule has 0 heterocycles. The number of hydrogen-bond acceptors (Lipinski definition) is 2. The molecule has 1 N–H and O–H groups in total. The molecule has 2 rings (SSSR count). The lowest BCUT2D eigenvalue weighted by molar-refractivity contribution is -0.114. The predicted octanol–water partition coefficient (Wildman–Crippen LogP) is 3.95. The van der Waals surface area contributed by atoms with Gasteiger partial charge in [0, 0.05) is 22.5 Å². The number of anilines is 1. The van der Waals surface area contributed by atoms with Crippen LogP contribution >= 0.6 is 15.9 Å². The Morgan fingerprint density at radius 3 is 2.50 bits per heavy atom. The third kappa shape index (κ3) is 3.33. The zero-order valence-corrected chi connectivity index (χ0v) is 12.8. The second kappa shape index (κ2) is 6.01. The van der Waals surface area contributed by atoms with E-state index in [1.807, 2.05) is 25.1 Å². The number of hydrogen-bond donors (Lipinski definition) is 1. The number of rotatable bonds is 3. The highest BCUT2D eigenvalue weighted by atomic mass is 79.9. The standard InChI is InChI=1S/C16H14BrNO2/c1-10-4-3-5-12(8-10)16(20)14-9-13(17)6-7-15(14)18-11(2)19/h3-9H,1-2H3,(H,18,19). The zero-order valence-electron chi connectivity index (χ0n) is 11.2. The summed E-state index contributed by atoms with van der Waals surface area (Å²) in [5, 5.41) is 2.69. The maximum atomic E-state index is 12.6. The molecule has 20 heavy (non-hydrogen) atoms. The van der Waals surface area contributed by atoms with Gasteiger partial charge in [-0.15, -0.1) is 0 Å². The van der Waals surface area contributed by atoms with Crippen LogP contribution in [0.2, 0.25) is 0 Å². The molecular formula is C16H14BrNO2. The van der Waals surface area contributed by atoms with Gasteiger partial charge in [-0.3, -0.25) is 9.59 Å². The first-order chi connectivity index (χ1) is 9.47. The van der Waals surface area contributed by atoms with E-state index in [0.29, 0.717) is 16.8 Å². The van der Waals surface area contributed by atoms with Gasteiger partial charge >= 0.3 is 0 Å². The number of nitrogens with one attached hydrogen (secondary N) is 1. The van der Waals surface area contributed by atoms with Gasteiger partial charge in [0.05, 0.1) is 5.69 Å². The van der Waals surface area contributed by atoms with E-state index >= 15 is 0 Å². The third-order valence-corrected chi connectivity index (χ3v) is 3.31. The number of carbonyl (C=O) groups is 2. The summed E-state index contributed by atoms with van der Waals surface area (Å²) < 4.78 is 0.794. The average Bonchev–Trinajstić information content (AvgIpc) is 2.39. The Morgan fingerprint density at radius 2 is 1.85 bits per heavy atom. The van der Waals surface area contributed by atoms with Gasteiger partial charge in [-0.25, -0.2) is 0 Å². The molecule has 1 amide bonds. The van der Waals surface area contributed by atoms with E-state index in [9.17, 15) is 9.59 Å². The van der Waals surface area contributed by atoms with E-state index in [0.717, 1.165) is 10.0 Å². The van der Waals surface area contributed by atoms with Gasteiger partial charge in [0.15, 0.2) is 5.78 Å². The first kappa shape index (κ1) is 14.5. The molecule has 0 unspecified atom stereocenters. The van der Waals surface area contributed by atoms with Crippen molar-refractivity contribution in [2.45, 2.75) is 13.8 Å². The highest BCUT2D eigenvalue weighted by Gasteiger charge is 2.15. The minimum Gasteiger partial charge on any atom is -0.326 e. The normalized spacial score (nSPS) is 10.2. The summed E-state index contributed by atoms with van der Waals surface area (Å²) in [5.41, 5.74) is 2.62. The monoisotopic (exact) mass is 331 g/mol. The Balaban J connectivity index is 2.47. The van der Waals surface area contributed by atoms with Crippen LogP contribution in [0.3, 0.4) is 0 Å². The van der Waals surface area contributed by atoms with Crippen molar-refractivity contribution in [1.82, 2.24) is 0 Å². The fourth-order valence-electron chi connectivity index (χ4n) is 1.94. The van der Waals surface area contributed by atoms with Crippen LogP contribution in [-0.2, 0) is 4.79 Å². The summed E-state index contributed by atoms with van der Waals surface area (Å²) in [6.45, 7) is 3.36. The zero-order chi connectivity index (χ0) is 14.7. The molecule has 0 aliphatic rings. The third-order valence-electron chi connectivity index (χ3n) is 2.82. The number of benzene rings is 2. The Bertz CT molecular complexity index is 680. The number of aryl methyl sites for hydroxylation is 1. The van der Waals surface area contributed by atoms with Gasteiger partial charge in [-0.1, -0.05) is 39.7 Å². The highest BCUT2D eigenvalue weighted by Crippen LogP contribution is 2.24. The molecule has 0 radical (unpaired) electrons. The van der Waals surface area contributed by atoms with Crippen molar-refractivity contribution in [3.63, 3.8) is 0 Å². The van der Waals surface area contributed by atoms with Gasteiger partial charge in [0.2, 0.25) is 5.91 Å². The largest absolute Gasteiger partial charge is 0.326 e. The Hall–Kier alpha value is -1.94. The van der Waals surface area contributed by atoms with Crippen molar-refractivity contribution in [2.75, 3.05) is 5.32 Å². The van der Waals surface area contributed by atoms with Crippen molar-refractivity contribution >= 4 is 33.3 Å². The lowest BCUT2D eigenvalue weighted by atomic mass is 10.00. The van der Waals surface area contributed by atoms with Gasteiger partial charge in [-0.2, -0.15) is 0 Å². The molecule has 3 nitrogen and oxygen atoms in total. The lowest BCUT2D eigenvalue weighted by Crippen LogP contribution is -2.11. The van der Waals surface area contributed by atoms with Crippen molar-refractivity contribution < 1.29 is 9.59 Å². The molecule has 0 saturated carbocycles. The lowest BCUT2D eigenvalue weighted by Gasteiger charge is -2.10. The first-order valence-corrected chi connectivity index (χ1v) is 6.95. The van der Waals surface area contributed by atoms with E-state index < -0.39 is 0 Å². The minimum absolute atomic E-state index is 0.112. The molecule has 0 atom stereocenters. The summed E-state index contributed by atoms with van der Waals surface area (Å²) >= 11 is 3.35. The minimum atomic E-state index is -0.203.